The van der Waals surface area contributed by atoms with E-state index < -0.39 is 11.9 Å². The van der Waals surface area contributed by atoms with Crippen LogP contribution >= 0.6 is 0 Å². The molecule has 1 aliphatic carbocycles. The lowest BCUT2D eigenvalue weighted by Crippen LogP contribution is -2.31. The van der Waals surface area contributed by atoms with Crippen LogP contribution in [0.4, 0.5) is 11.4 Å². The summed E-state index contributed by atoms with van der Waals surface area (Å²) in [4.78, 5) is 54.2. The molecule has 3 aliphatic rings. The van der Waals surface area contributed by atoms with Crippen molar-refractivity contribution in [2.45, 2.75) is 40.0 Å². The Bertz CT molecular complexity index is 1250. The van der Waals surface area contributed by atoms with Gasteiger partial charge in [-0.05, 0) is 80.6 Å². The Hall–Kier alpha value is -3.74. The van der Waals surface area contributed by atoms with Gasteiger partial charge in [-0.2, -0.15) is 0 Å². The molecule has 3 amide bonds. The van der Waals surface area contributed by atoms with Gasteiger partial charge < -0.3 is 9.64 Å². The van der Waals surface area contributed by atoms with E-state index in [9.17, 15) is 19.2 Å². The van der Waals surface area contributed by atoms with E-state index in [1.165, 1.54) is 4.90 Å². The van der Waals surface area contributed by atoms with E-state index in [0.29, 0.717) is 29.8 Å². The first-order chi connectivity index (χ1) is 16.7. The number of hydrogen-bond acceptors (Lipinski definition) is 5. The average Bonchev–Trinajstić information content (AvgIpc) is 3.34. The van der Waals surface area contributed by atoms with Gasteiger partial charge in [-0.25, -0.2) is 4.90 Å². The average molecular weight is 473 g/mol. The molecule has 7 nitrogen and oxygen atoms in total. The highest BCUT2D eigenvalue weighted by Gasteiger charge is 2.48. The smallest absolute Gasteiger partial charge is 0.316 e. The van der Waals surface area contributed by atoms with Crippen LogP contribution < -0.4 is 14.5 Å². The fourth-order valence-electron chi connectivity index (χ4n) is 5.19. The van der Waals surface area contributed by atoms with Crippen LogP contribution in [0.3, 0.4) is 0 Å². The zero-order chi connectivity index (χ0) is 24.9. The van der Waals surface area contributed by atoms with Crippen LogP contribution in [0, 0.1) is 38.5 Å². The molecule has 0 aromatic heterocycles. The first kappa shape index (κ1) is 23.0. The Morgan fingerprint density at radius 3 is 2.17 bits per heavy atom. The summed E-state index contributed by atoms with van der Waals surface area (Å²) in [6.45, 7) is 6.06. The Labute approximate surface area is 204 Å². The summed E-state index contributed by atoms with van der Waals surface area (Å²) >= 11 is 0. The van der Waals surface area contributed by atoms with Crippen molar-refractivity contribution < 1.29 is 23.9 Å². The molecular formula is C28H28N2O5. The molecule has 2 fully saturated rings. The van der Waals surface area contributed by atoms with Gasteiger partial charge in [0.1, 0.15) is 5.75 Å². The quantitative estimate of drug-likeness (QED) is 0.290. The molecular weight excluding hydrogens is 444 g/mol. The maximum Gasteiger partial charge on any atom is 0.316 e. The number of ether oxygens (including phenoxy) is 1. The van der Waals surface area contributed by atoms with Crippen LogP contribution in [0.1, 0.15) is 36.0 Å². The van der Waals surface area contributed by atoms with Gasteiger partial charge >= 0.3 is 5.97 Å². The van der Waals surface area contributed by atoms with Crippen LogP contribution in [-0.4, -0.2) is 30.2 Å². The van der Waals surface area contributed by atoms with Crippen LogP contribution in [0.5, 0.6) is 5.75 Å². The van der Waals surface area contributed by atoms with Gasteiger partial charge in [0.15, 0.2) is 0 Å². The van der Waals surface area contributed by atoms with E-state index in [1.807, 2.05) is 44.2 Å². The van der Waals surface area contributed by atoms with Crippen molar-refractivity contribution in [3.63, 3.8) is 0 Å². The number of nitrogens with zero attached hydrogens (tertiary/aromatic N) is 2. The zero-order valence-electron chi connectivity index (χ0n) is 20.1. The van der Waals surface area contributed by atoms with E-state index in [4.69, 9.17) is 4.74 Å². The number of hydrogen-bond donors (Lipinski definition) is 0. The van der Waals surface area contributed by atoms with Crippen LogP contribution in [0.25, 0.3) is 0 Å². The molecule has 0 unspecified atom stereocenters. The van der Waals surface area contributed by atoms with E-state index in [0.717, 1.165) is 16.8 Å². The minimum atomic E-state index is -0.568. The number of esters is 1. The summed E-state index contributed by atoms with van der Waals surface area (Å²) in [5.41, 5.74) is 4.20. The van der Waals surface area contributed by atoms with Gasteiger partial charge in [0.25, 0.3) is 0 Å². The molecule has 5 rings (SSSR count). The van der Waals surface area contributed by atoms with E-state index in [-0.39, 0.29) is 42.5 Å². The number of amides is 3. The Morgan fingerprint density at radius 1 is 0.857 bits per heavy atom. The molecule has 0 N–H and O–H groups in total. The third-order valence-corrected chi connectivity index (χ3v) is 7.40. The summed E-state index contributed by atoms with van der Waals surface area (Å²) in [5, 5.41) is 0. The second-order valence-corrected chi connectivity index (χ2v) is 9.71. The minimum Gasteiger partial charge on any atom is -0.426 e. The van der Waals surface area contributed by atoms with Crippen molar-refractivity contribution in [3.05, 3.63) is 65.2 Å². The van der Waals surface area contributed by atoms with Crippen molar-refractivity contribution in [2.24, 2.45) is 17.8 Å². The van der Waals surface area contributed by atoms with Gasteiger partial charge in [-0.1, -0.05) is 18.2 Å². The van der Waals surface area contributed by atoms with Crippen molar-refractivity contribution in [1.82, 2.24) is 0 Å². The molecule has 2 aromatic rings. The molecule has 2 heterocycles. The molecule has 35 heavy (non-hydrogen) atoms. The summed E-state index contributed by atoms with van der Waals surface area (Å²) in [6.07, 6.45) is 5.18. The summed E-state index contributed by atoms with van der Waals surface area (Å²) in [5.74, 6) is -1.77. The Morgan fingerprint density at radius 2 is 1.54 bits per heavy atom. The second kappa shape index (κ2) is 8.80. The lowest BCUT2D eigenvalue weighted by atomic mass is 9.85. The van der Waals surface area contributed by atoms with Crippen LogP contribution in [0.15, 0.2) is 48.6 Å². The maximum absolute atomic E-state index is 12.9. The monoisotopic (exact) mass is 472 g/mol. The fourth-order valence-corrected chi connectivity index (χ4v) is 5.19. The lowest BCUT2D eigenvalue weighted by molar-refractivity contribution is -0.139. The minimum absolute atomic E-state index is 0.0937. The molecule has 2 saturated heterocycles. The predicted molar refractivity (Wildman–Crippen MR) is 131 cm³/mol. The summed E-state index contributed by atoms with van der Waals surface area (Å²) in [7, 11) is 0. The van der Waals surface area contributed by atoms with Gasteiger partial charge in [-0.3, -0.25) is 19.2 Å². The molecule has 0 radical (unpaired) electrons. The standard InChI is InChI=1S/C28H28N2O5/c1-16-8-9-20(12-17(16)2)29-15-19(14-25(29)31)28(34)35-21-10-11-24(18(3)13-21)30-26(32)22-6-4-5-7-23(22)27(30)33/h4-5,8-13,19,22-23H,6-7,14-15H2,1-3H3/t19-,22+,23+/m1/s1. The predicted octanol–water partition coefficient (Wildman–Crippen LogP) is 4.03. The van der Waals surface area contributed by atoms with Crippen molar-refractivity contribution in [3.8, 4) is 5.75 Å². The molecule has 7 heteroatoms. The summed E-state index contributed by atoms with van der Waals surface area (Å²) in [6, 6.07) is 10.7. The lowest BCUT2D eigenvalue weighted by Gasteiger charge is -2.19. The number of rotatable bonds is 4. The molecule has 2 aromatic carbocycles. The van der Waals surface area contributed by atoms with Gasteiger partial charge in [-0.15, -0.1) is 0 Å². The van der Waals surface area contributed by atoms with Crippen molar-refractivity contribution >= 4 is 35.1 Å². The highest BCUT2D eigenvalue weighted by atomic mass is 16.5. The molecule has 0 spiro atoms. The molecule has 0 saturated carbocycles. The molecule has 180 valence electrons. The van der Waals surface area contributed by atoms with Crippen molar-refractivity contribution in [1.29, 1.82) is 0 Å². The van der Waals surface area contributed by atoms with Crippen LogP contribution in [-0.2, 0) is 19.2 Å². The SMILES string of the molecule is Cc1ccc(N2C[C@H](C(=O)Oc3ccc(N4C(=O)[C@H]5CC=CC[C@@H]5C4=O)c(C)c3)CC2=O)cc1C. The number of anilines is 2. The third kappa shape index (κ3) is 4.05. The number of benzene rings is 2. The van der Waals surface area contributed by atoms with Gasteiger partial charge in [0, 0.05) is 18.7 Å². The number of aryl methyl sites for hydroxylation is 3. The second-order valence-electron chi connectivity index (χ2n) is 9.71. The first-order valence-electron chi connectivity index (χ1n) is 12.0. The van der Waals surface area contributed by atoms with Gasteiger partial charge in [0.05, 0.1) is 23.4 Å². The Kier molecular flexibility index (Phi) is 5.79. The maximum atomic E-state index is 12.9. The Balaban J connectivity index is 1.28. The van der Waals surface area contributed by atoms with E-state index in [2.05, 4.69) is 0 Å². The number of fused-ring (bicyclic) bond motifs is 1. The third-order valence-electron chi connectivity index (χ3n) is 7.40. The number of carbonyl (C=O) groups excluding carboxylic acids is 4. The number of imide groups is 1. The topological polar surface area (TPSA) is 84.0 Å². The van der Waals surface area contributed by atoms with E-state index in [1.54, 1.807) is 30.0 Å². The van der Waals surface area contributed by atoms with Crippen molar-refractivity contribution in [2.75, 3.05) is 16.3 Å². The van der Waals surface area contributed by atoms with Crippen LogP contribution in [0.2, 0.25) is 0 Å². The number of carbonyl (C=O) groups is 4. The normalized spacial score (nSPS) is 23.7. The zero-order valence-corrected chi connectivity index (χ0v) is 20.1. The van der Waals surface area contributed by atoms with E-state index >= 15 is 0 Å². The van der Waals surface area contributed by atoms with Gasteiger partial charge in [0.2, 0.25) is 17.7 Å². The summed E-state index contributed by atoms with van der Waals surface area (Å²) < 4.78 is 5.60. The fraction of sp³-hybridized carbons (Fsp3) is 0.357. The highest BCUT2D eigenvalue weighted by Crippen LogP contribution is 2.39. The molecule has 0 bridgehead atoms. The molecule has 2 aliphatic heterocycles. The first-order valence-corrected chi connectivity index (χ1v) is 12.0. The molecule has 3 atom stereocenters. The number of allylic oxidation sites excluding steroid dienone is 2. The largest absolute Gasteiger partial charge is 0.426 e. The highest BCUT2D eigenvalue weighted by molar-refractivity contribution is 6.22.